The fourth-order valence-corrected chi connectivity index (χ4v) is 1.81. The highest BCUT2D eigenvalue weighted by Crippen LogP contribution is 2.21. The van der Waals surface area contributed by atoms with Crippen LogP contribution in [0.5, 0.6) is 0 Å². The van der Waals surface area contributed by atoms with Gasteiger partial charge in [-0.3, -0.25) is 0 Å². The quantitative estimate of drug-likeness (QED) is 0.735. The minimum absolute atomic E-state index is 0.267. The second-order valence-electron chi connectivity index (χ2n) is 3.93. The molecule has 0 aliphatic rings. The zero-order valence-electron chi connectivity index (χ0n) is 9.63. The lowest BCUT2D eigenvalue weighted by molar-refractivity contribution is 0.564. The average molecular weight is 240 g/mol. The van der Waals surface area contributed by atoms with Crippen molar-refractivity contribution in [2.45, 2.75) is 6.54 Å². The number of nitrogens with one attached hydrogen (secondary N) is 1. The molecule has 0 unspecified atom stereocenters. The third kappa shape index (κ3) is 1.98. The molecule has 18 heavy (non-hydrogen) atoms. The number of fused-ring (bicyclic) bond motifs is 1. The predicted molar refractivity (Wildman–Crippen MR) is 70.0 cm³/mol. The summed E-state index contributed by atoms with van der Waals surface area (Å²) in [6.45, 7) is 0.636. The summed E-state index contributed by atoms with van der Waals surface area (Å²) < 4.78 is 5.02. The van der Waals surface area contributed by atoms with E-state index in [2.05, 4.69) is 15.3 Å². The standard InChI is InChI=1S/C13H12N4O/c14-13-16-11-4-2-1-3-10(11)12(17-13)15-7-9-5-6-18-8-9/h1-6,8H,7H2,(H3,14,15,16,17). The van der Waals surface area contributed by atoms with Crippen LogP contribution in [0.3, 0.4) is 0 Å². The van der Waals surface area contributed by atoms with E-state index in [0.717, 1.165) is 22.3 Å². The Kier molecular flexibility index (Phi) is 2.57. The molecule has 0 aliphatic carbocycles. The lowest BCUT2D eigenvalue weighted by Gasteiger charge is -2.08. The van der Waals surface area contributed by atoms with E-state index < -0.39 is 0 Å². The van der Waals surface area contributed by atoms with Gasteiger partial charge in [-0.2, -0.15) is 4.98 Å². The van der Waals surface area contributed by atoms with Crippen LogP contribution in [-0.2, 0) is 6.54 Å². The van der Waals surface area contributed by atoms with Crippen LogP contribution in [0.1, 0.15) is 5.56 Å². The zero-order valence-corrected chi connectivity index (χ0v) is 9.63. The third-order valence-corrected chi connectivity index (χ3v) is 2.66. The highest BCUT2D eigenvalue weighted by molar-refractivity contribution is 5.89. The Morgan fingerprint density at radius 1 is 1.17 bits per heavy atom. The molecule has 0 saturated carbocycles. The number of rotatable bonds is 3. The smallest absolute Gasteiger partial charge is 0.222 e. The van der Waals surface area contributed by atoms with E-state index in [4.69, 9.17) is 10.2 Å². The van der Waals surface area contributed by atoms with Crippen LogP contribution in [0.15, 0.2) is 47.3 Å². The summed E-state index contributed by atoms with van der Waals surface area (Å²) in [5, 5.41) is 4.19. The van der Waals surface area contributed by atoms with Crippen molar-refractivity contribution in [2.75, 3.05) is 11.1 Å². The SMILES string of the molecule is Nc1nc(NCc2ccoc2)c2ccccc2n1. The molecule has 0 saturated heterocycles. The van der Waals surface area contributed by atoms with Gasteiger partial charge in [0.25, 0.3) is 0 Å². The summed E-state index contributed by atoms with van der Waals surface area (Å²) in [6, 6.07) is 9.65. The molecule has 5 nitrogen and oxygen atoms in total. The van der Waals surface area contributed by atoms with Crippen molar-refractivity contribution < 1.29 is 4.42 Å². The van der Waals surface area contributed by atoms with Gasteiger partial charge in [0.1, 0.15) is 5.82 Å². The van der Waals surface area contributed by atoms with Gasteiger partial charge in [-0.15, -0.1) is 0 Å². The van der Waals surface area contributed by atoms with Crippen LogP contribution in [0.4, 0.5) is 11.8 Å². The molecule has 1 aromatic carbocycles. The first-order valence-corrected chi connectivity index (χ1v) is 5.60. The molecule has 0 bridgehead atoms. The second kappa shape index (κ2) is 4.37. The lowest BCUT2D eigenvalue weighted by Crippen LogP contribution is -2.04. The molecular weight excluding hydrogens is 228 g/mol. The van der Waals surface area contributed by atoms with E-state index in [-0.39, 0.29) is 5.95 Å². The molecule has 0 radical (unpaired) electrons. The van der Waals surface area contributed by atoms with Crippen LogP contribution in [0.25, 0.3) is 10.9 Å². The van der Waals surface area contributed by atoms with E-state index in [1.807, 2.05) is 30.3 Å². The molecule has 0 atom stereocenters. The minimum atomic E-state index is 0.267. The van der Waals surface area contributed by atoms with E-state index >= 15 is 0 Å². The summed E-state index contributed by atoms with van der Waals surface area (Å²) in [6.07, 6.45) is 3.34. The minimum Gasteiger partial charge on any atom is -0.472 e. The largest absolute Gasteiger partial charge is 0.472 e. The van der Waals surface area contributed by atoms with Crippen LogP contribution in [0.2, 0.25) is 0 Å². The Bertz CT molecular complexity index is 664. The topological polar surface area (TPSA) is 77.0 Å². The molecule has 2 heterocycles. The number of benzene rings is 1. The number of furan rings is 1. The molecule has 3 N–H and O–H groups in total. The maximum atomic E-state index is 5.69. The van der Waals surface area contributed by atoms with Gasteiger partial charge >= 0.3 is 0 Å². The van der Waals surface area contributed by atoms with Crippen LogP contribution in [0, 0.1) is 0 Å². The Hall–Kier alpha value is -2.56. The molecule has 3 rings (SSSR count). The molecule has 2 aromatic heterocycles. The zero-order chi connectivity index (χ0) is 12.4. The van der Waals surface area contributed by atoms with Gasteiger partial charge in [0, 0.05) is 17.5 Å². The number of hydrogen-bond donors (Lipinski definition) is 2. The summed E-state index contributed by atoms with van der Waals surface area (Å²) >= 11 is 0. The number of nitrogens with zero attached hydrogens (tertiary/aromatic N) is 2. The first-order chi connectivity index (χ1) is 8.83. The summed E-state index contributed by atoms with van der Waals surface area (Å²) in [4.78, 5) is 8.42. The van der Waals surface area contributed by atoms with Crippen molar-refractivity contribution in [3.63, 3.8) is 0 Å². The molecule has 3 aromatic rings. The van der Waals surface area contributed by atoms with E-state index in [1.165, 1.54) is 0 Å². The van der Waals surface area contributed by atoms with Gasteiger partial charge in [-0.05, 0) is 18.2 Å². The van der Waals surface area contributed by atoms with E-state index in [0.29, 0.717) is 6.54 Å². The molecular formula is C13H12N4O. The summed E-state index contributed by atoms with van der Waals surface area (Å²) in [5.41, 5.74) is 7.58. The number of aromatic nitrogens is 2. The second-order valence-corrected chi connectivity index (χ2v) is 3.93. The Morgan fingerprint density at radius 2 is 2.06 bits per heavy atom. The van der Waals surface area contributed by atoms with Crippen molar-refractivity contribution >= 4 is 22.7 Å². The number of anilines is 2. The predicted octanol–water partition coefficient (Wildman–Crippen LogP) is 2.42. The first-order valence-electron chi connectivity index (χ1n) is 5.60. The third-order valence-electron chi connectivity index (χ3n) is 2.66. The van der Waals surface area contributed by atoms with Gasteiger partial charge < -0.3 is 15.5 Å². The fourth-order valence-electron chi connectivity index (χ4n) is 1.81. The van der Waals surface area contributed by atoms with Gasteiger partial charge in [0.2, 0.25) is 5.95 Å². The van der Waals surface area contributed by atoms with Gasteiger partial charge in [0.05, 0.1) is 18.0 Å². The van der Waals surface area contributed by atoms with Crippen molar-refractivity contribution in [3.05, 3.63) is 48.4 Å². The van der Waals surface area contributed by atoms with Gasteiger partial charge in [-0.25, -0.2) is 4.98 Å². The Labute approximate surface area is 104 Å². The first kappa shape index (κ1) is 10.6. The maximum absolute atomic E-state index is 5.69. The Morgan fingerprint density at radius 3 is 2.89 bits per heavy atom. The summed E-state index contributed by atoms with van der Waals surface area (Å²) in [7, 11) is 0. The monoisotopic (exact) mass is 240 g/mol. The lowest BCUT2D eigenvalue weighted by atomic mass is 10.2. The van der Waals surface area contributed by atoms with Crippen LogP contribution >= 0.6 is 0 Å². The maximum Gasteiger partial charge on any atom is 0.222 e. The number of hydrogen-bond acceptors (Lipinski definition) is 5. The van der Waals surface area contributed by atoms with Gasteiger partial charge in [-0.1, -0.05) is 12.1 Å². The number of nitrogen functional groups attached to an aromatic ring is 1. The van der Waals surface area contributed by atoms with Crippen molar-refractivity contribution in [1.29, 1.82) is 0 Å². The molecule has 0 aliphatic heterocycles. The van der Waals surface area contributed by atoms with Crippen molar-refractivity contribution in [2.24, 2.45) is 0 Å². The normalized spacial score (nSPS) is 10.7. The van der Waals surface area contributed by atoms with Crippen molar-refractivity contribution in [1.82, 2.24) is 9.97 Å². The van der Waals surface area contributed by atoms with Crippen LogP contribution < -0.4 is 11.1 Å². The molecule has 0 spiro atoms. The van der Waals surface area contributed by atoms with E-state index in [1.54, 1.807) is 12.5 Å². The van der Waals surface area contributed by atoms with Crippen molar-refractivity contribution in [3.8, 4) is 0 Å². The highest BCUT2D eigenvalue weighted by atomic mass is 16.3. The molecule has 5 heteroatoms. The highest BCUT2D eigenvalue weighted by Gasteiger charge is 2.05. The van der Waals surface area contributed by atoms with E-state index in [9.17, 15) is 0 Å². The summed E-state index contributed by atoms with van der Waals surface area (Å²) in [5.74, 6) is 1.00. The fraction of sp³-hybridized carbons (Fsp3) is 0.0769. The number of para-hydroxylation sites is 1. The van der Waals surface area contributed by atoms with Crippen LogP contribution in [-0.4, -0.2) is 9.97 Å². The Balaban J connectivity index is 1.95. The van der Waals surface area contributed by atoms with Gasteiger partial charge in [0.15, 0.2) is 0 Å². The molecule has 0 fully saturated rings. The molecule has 0 amide bonds. The average Bonchev–Trinajstić information content (AvgIpc) is 2.89. The number of nitrogens with two attached hydrogens (primary N) is 1. The molecule has 90 valence electrons.